The highest BCUT2D eigenvalue weighted by atomic mass is 32.1. The van der Waals surface area contributed by atoms with E-state index in [1.54, 1.807) is 15.3 Å². The molecule has 1 aromatic heterocycles. The largest absolute Gasteiger partial charge is 0.312 e. The first-order valence-corrected chi connectivity index (χ1v) is 6.25. The normalized spacial score (nSPS) is 25.8. The Morgan fingerprint density at radius 1 is 1.50 bits per heavy atom. The van der Waals surface area contributed by atoms with E-state index in [-0.39, 0.29) is 0 Å². The van der Waals surface area contributed by atoms with Gasteiger partial charge in [-0.1, -0.05) is 20.8 Å². The van der Waals surface area contributed by atoms with Crippen molar-refractivity contribution in [2.75, 3.05) is 7.05 Å². The van der Waals surface area contributed by atoms with E-state index in [4.69, 9.17) is 0 Å². The average molecular weight is 209 g/mol. The van der Waals surface area contributed by atoms with Crippen molar-refractivity contribution in [1.29, 1.82) is 0 Å². The molecular weight excluding hydrogens is 190 g/mol. The zero-order chi connectivity index (χ0) is 10.3. The van der Waals surface area contributed by atoms with Gasteiger partial charge in [-0.2, -0.15) is 0 Å². The third-order valence-corrected chi connectivity index (χ3v) is 4.70. The Morgan fingerprint density at radius 3 is 2.79 bits per heavy atom. The molecule has 2 heteroatoms. The second-order valence-corrected chi connectivity index (χ2v) is 5.76. The van der Waals surface area contributed by atoms with E-state index < -0.39 is 0 Å². The number of hydrogen-bond donors (Lipinski definition) is 1. The van der Waals surface area contributed by atoms with Crippen LogP contribution < -0.4 is 5.32 Å². The van der Waals surface area contributed by atoms with Crippen LogP contribution in [-0.4, -0.2) is 7.05 Å². The van der Waals surface area contributed by atoms with Crippen LogP contribution in [0.15, 0.2) is 6.07 Å². The van der Waals surface area contributed by atoms with E-state index in [9.17, 15) is 0 Å². The molecule has 0 aromatic carbocycles. The van der Waals surface area contributed by atoms with Crippen LogP contribution in [0.25, 0.3) is 0 Å². The summed E-state index contributed by atoms with van der Waals surface area (Å²) in [6.45, 7) is 6.89. The van der Waals surface area contributed by atoms with Gasteiger partial charge in [0.05, 0.1) is 0 Å². The maximum Gasteiger partial charge on any atom is 0.0444 e. The molecule has 0 saturated carbocycles. The topological polar surface area (TPSA) is 12.0 Å². The van der Waals surface area contributed by atoms with Crippen LogP contribution in [-0.2, 0) is 6.42 Å². The predicted octanol–water partition coefficient (Wildman–Crippen LogP) is 3.32. The predicted molar refractivity (Wildman–Crippen MR) is 63.1 cm³/mol. The highest BCUT2D eigenvalue weighted by molar-refractivity contribution is 7.12. The quantitative estimate of drug-likeness (QED) is 0.788. The molecule has 1 nitrogen and oxygen atoms in total. The Morgan fingerprint density at radius 2 is 2.21 bits per heavy atom. The first kappa shape index (κ1) is 10.2. The molecule has 0 bridgehead atoms. The summed E-state index contributed by atoms with van der Waals surface area (Å²) in [5, 5.41) is 3.43. The molecule has 2 unspecified atom stereocenters. The summed E-state index contributed by atoms with van der Waals surface area (Å²) in [5.41, 5.74) is 1.59. The lowest BCUT2D eigenvalue weighted by atomic mass is 10.1. The zero-order valence-electron chi connectivity index (χ0n) is 9.42. The van der Waals surface area contributed by atoms with Gasteiger partial charge in [-0.15, -0.1) is 11.3 Å². The summed E-state index contributed by atoms with van der Waals surface area (Å²) in [4.78, 5) is 3.13. The second-order valence-electron chi connectivity index (χ2n) is 4.64. The average Bonchev–Trinajstić information content (AvgIpc) is 2.60. The molecule has 0 fully saturated rings. The molecule has 1 aliphatic rings. The summed E-state index contributed by atoms with van der Waals surface area (Å²) < 4.78 is 0. The second kappa shape index (κ2) is 3.67. The molecule has 2 atom stereocenters. The summed E-state index contributed by atoms with van der Waals surface area (Å²) in [6.07, 6.45) is 1.25. The molecule has 1 aromatic rings. The van der Waals surface area contributed by atoms with Crippen molar-refractivity contribution in [3.63, 3.8) is 0 Å². The summed E-state index contributed by atoms with van der Waals surface area (Å²) in [6, 6.07) is 3.01. The van der Waals surface area contributed by atoms with Crippen molar-refractivity contribution in [3.05, 3.63) is 21.4 Å². The maximum absolute atomic E-state index is 3.43. The highest BCUT2D eigenvalue weighted by Crippen LogP contribution is 2.42. The van der Waals surface area contributed by atoms with Gasteiger partial charge in [0, 0.05) is 15.8 Å². The minimum atomic E-state index is 0.600. The number of thiophene rings is 1. The number of fused-ring (bicyclic) bond motifs is 1. The Kier molecular flexibility index (Phi) is 2.67. The molecule has 14 heavy (non-hydrogen) atoms. The Bertz CT molecular complexity index is 327. The third-order valence-electron chi connectivity index (χ3n) is 3.13. The Balaban J connectivity index is 2.33. The first-order chi connectivity index (χ1) is 6.63. The highest BCUT2D eigenvalue weighted by Gasteiger charge is 2.30. The summed E-state index contributed by atoms with van der Waals surface area (Å²) in [5.74, 6) is 1.45. The smallest absolute Gasteiger partial charge is 0.0444 e. The van der Waals surface area contributed by atoms with Crippen LogP contribution in [0.1, 0.15) is 48.0 Å². The molecule has 1 N–H and O–H groups in total. The van der Waals surface area contributed by atoms with Crippen LogP contribution in [0.3, 0.4) is 0 Å². The first-order valence-electron chi connectivity index (χ1n) is 5.43. The van der Waals surface area contributed by atoms with Crippen LogP contribution >= 0.6 is 11.3 Å². The van der Waals surface area contributed by atoms with E-state index in [1.807, 2.05) is 11.3 Å². The van der Waals surface area contributed by atoms with Gasteiger partial charge in [0.2, 0.25) is 0 Å². The zero-order valence-corrected chi connectivity index (χ0v) is 10.2. The fraction of sp³-hybridized carbons (Fsp3) is 0.667. The lowest BCUT2D eigenvalue weighted by Crippen LogP contribution is -2.18. The number of nitrogens with one attached hydrogen (secondary N) is 1. The fourth-order valence-electron chi connectivity index (χ4n) is 2.31. The molecule has 0 aliphatic heterocycles. The van der Waals surface area contributed by atoms with Crippen molar-refractivity contribution in [2.24, 2.45) is 5.92 Å². The SMILES string of the molecule is CNC1c2sc(C(C)C)cc2CC1C. The van der Waals surface area contributed by atoms with Crippen LogP contribution in [0.5, 0.6) is 0 Å². The van der Waals surface area contributed by atoms with Gasteiger partial charge >= 0.3 is 0 Å². The van der Waals surface area contributed by atoms with Gasteiger partial charge in [0.15, 0.2) is 0 Å². The molecule has 1 heterocycles. The lowest BCUT2D eigenvalue weighted by molar-refractivity contribution is 0.450. The molecule has 0 amide bonds. The molecular formula is C12H19NS. The summed E-state index contributed by atoms with van der Waals surface area (Å²) in [7, 11) is 2.07. The van der Waals surface area contributed by atoms with Crippen molar-refractivity contribution in [2.45, 2.75) is 39.2 Å². The van der Waals surface area contributed by atoms with Crippen LogP contribution in [0, 0.1) is 5.92 Å². The lowest BCUT2D eigenvalue weighted by Gasteiger charge is -2.14. The minimum Gasteiger partial charge on any atom is -0.312 e. The molecule has 2 rings (SSSR count). The van der Waals surface area contributed by atoms with Crippen molar-refractivity contribution in [1.82, 2.24) is 5.32 Å². The van der Waals surface area contributed by atoms with Gasteiger partial charge < -0.3 is 5.32 Å². The van der Waals surface area contributed by atoms with Crippen LogP contribution in [0.4, 0.5) is 0 Å². The molecule has 0 radical (unpaired) electrons. The van der Waals surface area contributed by atoms with Gasteiger partial charge in [0.25, 0.3) is 0 Å². The molecule has 0 spiro atoms. The van der Waals surface area contributed by atoms with Gasteiger partial charge in [0.1, 0.15) is 0 Å². The van der Waals surface area contributed by atoms with E-state index in [0.717, 1.165) is 5.92 Å². The number of rotatable bonds is 2. The monoisotopic (exact) mass is 209 g/mol. The van der Waals surface area contributed by atoms with E-state index in [1.165, 1.54) is 6.42 Å². The Hall–Kier alpha value is -0.340. The van der Waals surface area contributed by atoms with Crippen LogP contribution in [0.2, 0.25) is 0 Å². The van der Waals surface area contributed by atoms with E-state index >= 15 is 0 Å². The van der Waals surface area contributed by atoms with E-state index in [2.05, 4.69) is 39.2 Å². The van der Waals surface area contributed by atoms with Crippen molar-refractivity contribution < 1.29 is 0 Å². The number of hydrogen-bond acceptors (Lipinski definition) is 2. The van der Waals surface area contributed by atoms with E-state index in [0.29, 0.717) is 12.0 Å². The molecule has 78 valence electrons. The van der Waals surface area contributed by atoms with Gasteiger partial charge in [-0.3, -0.25) is 0 Å². The molecule has 0 saturated heterocycles. The third kappa shape index (κ3) is 1.51. The maximum atomic E-state index is 3.43. The van der Waals surface area contributed by atoms with Crippen molar-refractivity contribution in [3.8, 4) is 0 Å². The fourth-order valence-corrected chi connectivity index (χ4v) is 3.75. The van der Waals surface area contributed by atoms with Gasteiger partial charge in [-0.25, -0.2) is 0 Å². The summed E-state index contributed by atoms with van der Waals surface area (Å²) >= 11 is 2.00. The van der Waals surface area contributed by atoms with Gasteiger partial charge in [-0.05, 0) is 36.9 Å². The Labute approximate surface area is 90.5 Å². The minimum absolute atomic E-state index is 0.600. The molecule has 1 aliphatic carbocycles. The van der Waals surface area contributed by atoms with Crippen molar-refractivity contribution >= 4 is 11.3 Å². The standard InChI is InChI=1S/C12H19NS/c1-7(2)10-6-9-5-8(3)11(13-4)12(9)14-10/h6-8,11,13H,5H2,1-4H3.